The number of nitrogens with zero attached hydrogens (tertiary/aromatic N) is 3. The predicted molar refractivity (Wildman–Crippen MR) is 118 cm³/mol. The number of rotatable bonds is 5. The highest BCUT2D eigenvalue weighted by Crippen LogP contribution is 2.16. The van der Waals surface area contributed by atoms with Gasteiger partial charge in [0.1, 0.15) is 0 Å². The van der Waals surface area contributed by atoms with E-state index < -0.39 is 0 Å². The van der Waals surface area contributed by atoms with Crippen molar-refractivity contribution in [3.8, 4) is 0 Å². The molecule has 0 radical (unpaired) electrons. The molecule has 0 aliphatic heterocycles. The van der Waals surface area contributed by atoms with Gasteiger partial charge in [0.05, 0.1) is 18.8 Å². The van der Waals surface area contributed by atoms with Crippen LogP contribution in [0.2, 0.25) is 0 Å². The number of hydrogen-bond acceptors (Lipinski definition) is 2. The van der Waals surface area contributed by atoms with Crippen molar-refractivity contribution in [3.63, 3.8) is 0 Å². The molecule has 3 rings (SSSR count). The fourth-order valence-electron chi connectivity index (χ4n) is 2.75. The molecule has 3 aromatic rings. The number of nitrogens with two attached hydrogens (primary N) is 1. The van der Waals surface area contributed by atoms with E-state index in [2.05, 4.69) is 34.5 Å². The maximum atomic E-state index is 6.00. The Morgan fingerprint density at radius 1 is 1.04 bits per heavy atom. The van der Waals surface area contributed by atoms with Gasteiger partial charge in [0.2, 0.25) is 0 Å². The molecule has 1 aromatic heterocycles. The first-order valence-corrected chi connectivity index (χ1v) is 8.32. The van der Waals surface area contributed by atoms with Crippen molar-refractivity contribution in [2.75, 3.05) is 5.32 Å². The summed E-state index contributed by atoms with van der Waals surface area (Å²) in [5.41, 5.74) is 11.4. The second-order valence-electron chi connectivity index (χ2n) is 5.99. The highest BCUT2D eigenvalue weighted by molar-refractivity contribution is 14.0. The molecule has 26 heavy (non-hydrogen) atoms. The lowest BCUT2D eigenvalue weighted by Gasteiger charge is -2.06. The minimum Gasteiger partial charge on any atom is -0.370 e. The Kier molecular flexibility index (Phi) is 7.20. The van der Waals surface area contributed by atoms with E-state index in [1.165, 1.54) is 5.56 Å². The van der Waals surface area contributed by atoms with E-state index in [1.54, 1.807) is 0 Å². The zero-order valence-corrected chi connectivity index (χ0v) is 17.3. The maximum Gasteiger partial charge on any atom is 0.193 e. The molecule has 2 aromatic carbocycles. The topological polar surface area (TPSA) is 68.2 Å². The lowest BCUT2D eigenvalue weighted by molar-refractivity contribution is 0.658. The first-order chi connectivity index (χ1) is 12.1. The number of nitrogens with one attached hydrogen (secondary N) is 1. The SMILES string of the molecule is Cc1nn(Cc2ccccc2)c(C)c1CN=C(N)Nc1ccccc1.I. The molecule has 0 atom stereocenters. The lowest BCUT2D eigenvalue weighted by atomic mass is 10.2. The Morgan fingerprint density at radius 2 is 1.65 bits per heavy atom. The molecule has 0 bridgehead atoms. The molecule has 0 amide bonds. The van der Waals surface area contributed by atoms with E-state index in [0.29, 0.717) is 12.5 Å². The average Bonchev–Trinajstić information content (AvgIpc) is 2.88. The smallest absolute Gasteiger partial charge is 0.193 e. The Labute approximate surface area is 171 Å². The van der Waals surface area contributed by atoms with Gasteiger partial charge in [-0.15, -0.1) is 24.0 Å². The van der Waals surface area contributed by atoms with Crippen LogP contribution in [-0.2, 0) is 13.1 Å². The second-order valence-corrected chi connectivity index (χ2v) is 5.99. The summed E-state index contributed by atoms with van der Waals surface area (Å²) in [6.45, 7) is 5.36. The van der Waals surface area contributed by atoms with Crippen molar-refractivity contribution in [3.05, 3.63) is 83.2 Å². The summed E-state index contributed by atoms with van der Waals surface area (Å²) in [6, 6.07) is 20.1. The molecular weight excluding hydrogens is 437 g/mol. The van der Waals surface area contributed by atoms with Gasteiger partial charge in [0.15, 0.2) is 5.96 Å². The number of benzene rings is 2. The Bertz CT molecular complexity index is 857. The van der Waals surface area contributed by atoms with E-state index in [1.807, 2.05) is 60.1 Å². The molecule has 6 heteroatoms. The van der Waals surface area contributed by atoms with Crippen molar-refractivity contribution in [2.24, 2.45) is 10.7 Å². The summed E-state index contributed by atoms with van der Waals surface area (Å²) in [6.07, 6.45) is 0. The quantitative estimate of drug-likeness (QED) is 0.342. The van der Waals surface area contributed by atoms with E-state index in [4.69, 9.17) is 5.73 Å². The van der Waals surface area contributed by atoms with Crippen LogP contribution in [0.5, 0.6) is 0 Å². The van der Waals surface area contributed by atoms with Crippen LogP contribution < -0.4 is 11.1 Å². The largest absolute Gasteiger partial charge is 0.370 e. The number of halogens is 1. The van der Waals surface area contributed by atoms with Crippen molar-refractivity contribution in [1.82, 2.24) is 9.78 Å². The third-order valence-corrected chi connectivity index (χ3v) is 4.16. The summed E-state index contributed by atoms with van der Waals surface area (Å²) < 4.78 is 2.02. The minimum absolute atomic E-state index is 0. The number of para-hydroxylation sites is 1. The van der Waals surface area contributed by atoms with E-state index in [-0.39, 0.29) is 24.0 Å². The molecule has 5 nitrogen and oxygen atoms in total. The molecule has 1 heterocycles. The Hall–Kier alpha value is -2.35. The molecule has 0 unspecified atom stereocenters. The van der Waals surface area contributed by atoms with Crippen molar-refractivity contribution >= 4 is 35.6 Å². The van der Waals surface area contributed by atoms with Gasteiger partial charge < -0.3 is 11.1 Å². The van der Waals surface area contributed by atoms with E-state index in [9.17, 15) is 0 Å². The maximum absolute atomic E-state index is 6.00. The van der Waals surface area contributed by atoms with Crippen LogP contribution >= 0.6 is 24.0 Å². The molecule has 0 aliphatic carbocycles. The second kappa shape index (κ2) is 9.38. The highest BCUT2D eigenvalue weighted by Gasteiger charge is 2.11. The van der Waals surface area contributed by atoms with E-state index >= 15 is 0 Å². The van der Waals surface area contributed by atoms with Crippen LogP contribution in [0.15, 0.2) is 65.7 Å². The summed E-state index contributed by atoms with van der Waals surface area (Å²) in [5, 5.41) is 7.75. The summed E-state index contributed by atoms with van der Waals surface area (Å²) in [7, 11) is 0. The van der Waals surface area contributed by atoms with Crippen LogP contribution in [0.3, 0.4) is 0 Å². The van der Waals surface area contributed by atoms with Crippen molar-refractivity contribution < 1.29 is 0 Å². The summed E-state index contributed by atoms with van der Waals surface area (Å²) >= 11 is 0. The number of aromatic nitrogens is 2. The van der Waals surface area contributed by atoms with Gasteiger partial charge in [-0.1, -0.05) is 48.5 Å². The number of aliphatic imine (C=N–C) groups is 1. The van der Waals surface area contributed by atoms with Crippen LogP contribution in [0.25, 0.3) is 0 Å². The van der Waals surface area contributed by atoms with Gasteiger partial charge in [-0.2, -0.15) is 5.10 Å². The molecule has 0 spiro atoms. The van der Waals surface area contributed by atoms with Gasteiger partial charge in [-0.05, 0) is 31.5 Å². The molecule has 3 N–H and O–H groups in total. The number of guanidine groups is 1. The van der Waals surface area contributed by atoms with Gasteiger partial charge >= 0.3 is 0 Å². The van der Waals surface area contributed by atoms with Crippen LogP contribution in [-0.4, -0.2) is 15.7 Å². The third-order valence-electron chi connectivity index (χ3n) is 4.16. The normalized spacial score (nSPS) is 11.1. The molecule has 0 saturated carbocycles. The minimum atomic E-state index is 0. The number of hydrogen-bond donors (Lipinski definition) is 2. The third kappa shape index (κ3) is 5.08. The first-order valence-electron chi connectivity index (χ1n) is 8.32. The first kappa shape index (κ1) is 20.0. The predicted octanol–water partition coefficient (Wildman–Crippen LogP) is 4.09. The molecular formula is C20H24IN5. The van der Waals surface area contributed by atoms with Crippen molar-refractivity contribution in [2.45, 2.75) is 26.9 Å². The number of anilines is 1. The zero-order valence-electron chi connectivity index (χ0n) is 15.0. The van der Waals surface area contributed by atoms with Gasteiger partial charge in [-0.3, -0.25) is 4.68 Å². The van der Waals surface area contributed by atoms with Gasteiger partial charge in [0.25, 0.3) is 0 Å². The monoisotopic (exact) mass is 461 g/mol. The number of aryl methyl sites for hydroxylation is 1. The van der Waals surface area contributed by atoms with Gasteiger partial charge in [0, 0.05) is 16.9 Å². The highest BCUT2D eigenvalue weighted by atomic mass is 127. The molecule has 136 valence electrons. The fraction of sp³-hybridized carbons (Fsp3) is 0.200. The summed E-state index contributed by atoms with van der Waals surface area (Å²) in [5.74, 6) is 0.404. The van der Waals surface area contributed by atoms with Gasteiger partial charge in [-0.25, -0.2) is 4.99 Å². The summed E-state index contributed by atoms with van der Waals surface area (Å²) in [4.78, 5) is 4.46. The van der Waals surface area contributed by atoms with Crippen LogP contribution in [0, 0.1) is 13.8 Å². The fourth-order valence-corrected chi connectivity index (χ4v) is 2.75. The Morgan fingerprint density at radius 3 is 2.31 bits per heavy atom. The molecule has 0 fully saturated rings. The Balaban J connectivity index is 0.00000243. The molecule has 0 aliphatic rings. The lowest BCUT2D eigenvalue weighted by Crippen LogP contribution is -2.22. The van der Waals surface area contributed by atoms with Crippen molar-refractivity contribution in [1.29, 1.82) is 0 Å². The average molecular weight is 461 g/mol. The molecule has 0 saturated heterocycles. The standard InChI is InChI=1S/C20H23N5.HI/c1-15-19(13-22-20(21)23-18-11-7-4-8-12-18)16(2)25(24-15)14-17-9-5-3-6-10-17;/h3-12H,13-14H2,1-2H3,(H3,21,22,23);1H. The van der Waals surface area contributed by atoms with Crippen LogP contribution in [0.1, 0.15) is 22.5 Å². The van der Waals surface area contributed by atoms with Crippen LogP contribution in [0.4, 0.5) is 5.69 Å². The zero-order chi connectivity index (χ0) is 17.6. The van der Waals surface area contributed by atoms with E-state index in [0.717, 1.165) is 29.2 Å².